The minimum atomic E-state index is -1.06. The van der Waals surface area contributed by atoms with E-state index in [0.717, 1.165) is 0 Å². The summed E-state index contributed by atoms with van der Waals surface area (Å²) >= 11 is 12.0. The van der Waals surface area contributed by atoms with Crippen LogP contribution in [0.4, 0.5) is 0 Å². The van der Waals surface area contributed by atoms with Crippen LogP contribution in [0.3, 0.4) is 0 Å². The third-order valence-corrected chi connectivity index (χ3v) is 4.60. The average molecular weight is 304 g/mol. The number of hydrogen-bond acceptors (Lipinski definition) is 2. The normalized spacial score (nSPS) is 13.1. The number of hydrogen-bond donors (Lipinski definition) is 0. The Balaban J connectivity index is 2.64. The van der Waals surface area contributed by atoms with Gasteiger partial charge in [0.15, 0.2) is 0 Å². The molecule has 0 radical (unpaired) electrons. The summed E-state index contributed by atoms with van der Waals surface area (Å²) < 4.78 is 12.0. The van der Waals surface area contributed by atoms with Gasteiger partial charge in [-0.1, -0.05) is 29.3 Å². The number of nitriles is 1. The molecule has 0 bridgehead atoms. The van der Waals surface area contributed by atoms with E-state index in [0.29, 0.717) is 33.5 Å². The molecular formula is C13H15Cl2NOS. The number of halogens is 2. The van der Waals surface area contributed by atoms with Gasteiger partial charge in [0.25, 0.3) is 0 Å². The molecule has 0 unspecified atom stereocenters. The Morgan fingerprint density at radius 1 is 1.33 bits per heavy atom. The predicted octanol–water partition coefficient (Wildman–Crippen LogP) is 4.18. The molecule has 0 aliphatic rings. The Morgan fingerprint density at radius 2 is 1.89 bits per heavy atom. The smallest absolute Gasteiger partial charge is 0.0684 e. The van der Waals surface area contributed by atoms with E-state index >= 15 is 0 Å². The van der Waals surface area contributed by atoms with Crippen molar-refractivity contribution in [3.63, 3.8) is 0 Å². The maximum Gasteiger partial charge on any atom is 0.0684 e. The summed E-state index contributed by atoms with van der Waals surface area (Å²) in [6.07, 6.45) is 0.595. The Kier molecular flexibility index (Phi) is 5.65. The molecule has 0 aliphatic carbocycles. The van der Waals surface area contributed by atoms with Crippen LogP contribution in [0.15, 0.2) is 18.2 Å². The molecule has 1 atom stereocenters. The SMILES string of the molecule is CC(C)(C#N)CC[S@](=O)Cc1c(Cl)cccc1Cl. The second kappa shape index (κ2) is 6.56. The first kappa shape index (κ1) is 15.5. The summed E-state index contributed by atoms with van der Waals surface area (Å²) in [5.41, 5.74) is 0.272. The molecule has 0 aromatic heterocycles. The maximum absolute atomic E-state index is 12.0. The Labute approximate surface area is 120 Å². The number of nitrogens with zero attached hydrogens (tertiary/aromatic N) is 1. The summed E-state index contributed by atoms with van der Waals surface area (Å²) in [6, 6.07) is 7.43. The molecule has 0 saturated heterocycles. The van der Waals surface area contributed by atoms with E-state index in [-0.39, 0.29) is 0 Å². The number of benzene rings is 1. The third kappa shape index (κ3) is 4.61. The molecule has 5 heteroatoms. The van der Waals surface area contributed by atoms with E-state index < -0.39 is 16.2 Å². The van der Waals surface area contributed by atoms with Crippen LogP contribution in [0.25, 0.3) is 0 Å². The summed E-state index contributed by atoms with van der Waals surface area (Å²) in [7, 11) is -1.06. The van der Waals surface area contributed by atoms with Gasteiger partial charge in [0.1, 0.15) is 0 Å². The molecule has 1 rings (SSSR count). The van der Waals surface area contributed by atoms with Crippen LogP contribution in [-0.4, -0.2) is 9.96 Å². The van der Waals surface area contributed by atoms with Crippen molar-refractivity contribution in [2.24, 2.45) is 5.41 Å². The zero-order valence-corrected chi connectivity index (χ0v) is 12.7. The first-order valence-electron chi connectivity index (χ1n) is 5.55. The molecule has 98 valence electrons. The largest absolute Gasteiger partial charge is 0.259 e. The van der Waals surface area contributed by atoms with Crippen LogP contribution in [0, 0.1) is 16.7 Å². The van der Waals surface area contributed by atoms with Crippen LogP contribution in [0.5, 0.6) is 0 Å². The van der Waals surface area contributed by atoms with Gasteiger partial charge in [0.2, 0.25) is 0 Å². The van der Waals surface area contributed by atoms with E-state index in [9.17, 15) is 4.21 Å². The molecule has 0 heterocycles. The summed E-state index contributed by atoms with van der Waals surface area (Å²) in [5, 5.41) is 9.97. The van der Waals surface area contributed by atoms with Crippen molar-refractivity contribution in [1.29, 1.82) is 5.26 Å². The fourth-order valence-corrected chi connectivity index (χ4v) is 3.53. The monoisotopic (exact) mass is 303 g/mol. The molecular weight excluding hydrogens is 289 g/mol. The second-order valence-corrected chi connectivity index (χ2v) is 7.13. The standard InChI is InChI=1S/C13H15Cl2NOS/c1-13(2,9-16)6-7-18(17)8-10-11(14)4-3-5-12(10)15/h3-5H,6-8H2,1-2H3/t18-/m0/s1. The highest BCUT2D eigenvalue weighted by Gasteiger charge is 2.18. The Bertz CT molecular complexity index is 474. The maximum atomic E-state index is 12.0. The second-order valence-electron chi connectivity index (χ2n) is 4.73. The van der Waals surface area contributed by atoms with Gasteiger partial charge >= 0.3 is 0 Å². The van der Waals surface area contributed by atoms with Gasteiger partial charge in [-0.15, -0.1) is 0 Å². The highest BCUT2D eigenvalue weighted by molar-refractivity contribution is 7.84. The molecule has 2 nitrogen and oxygen atoms in total. The van der Waals surface area contributed by atoms with Gasteiger partial charge in [-0.05, 0) is 32.4 Å². The zero-order chi connectivity index (χ0) is 13.8. The molecule has 0 fully saturated rings. The summed E-state index contributed by atoms with van der Waals surface area (Å²) in [6.45, 7) is 3.68. The molecule has 18 heavy (non-hydrogen) atoms. The topological polar surface area (TPSA) is 40.9 Å². The van der Waals surface area contributed by atoms with Crippen LogP contribution >= 0.6 is 23.2 Å². The van der Waals surface area contributed by atoms with Crippen molar-refractivity contribution in [2.75, 3.05) is 5.75 Å². The van der Waals surface area contributed by atoms with Gasteiger partial charge in [-0.3, -0.25) is 4.21 Å². The summed E-state index contributed by atoms with van der Waals surface area (Å²) in [5.74, 6) is 0.808. The first-order valence-corrected chi connectivity index (χ1v) is 7.79. The third-order valence-electron chi connectivity index (χ3n) is 2.62. The van der Waals surface area contributed by atoms with Gasteiger partial charge in [0.05, 0.1) is 17.2 Å². The van der Waals surface area contributed by atoms with Crippen molar-refractivity contribution >= 4 is 34.0 Å². The van der Waals surface area contributed by atoms with Crippen LogP contribution < -0.4 is 0 Å². The van der Waals surface area contributed by atoms with Crippen LogP contribution in [0.2, 0.25) is 10.0 Å². The first-order chi connectivity index (χ1) is 8.35. The van der Waals surface area contributed by atoms with E-state index in [1.165, 1.54) is 0 Å². The van der Waals surface area contributed by atoms with Gasteiger partial charge in [-0.25, -0.2) is 0 Å². The van der Waals surface area contributed by atoms with Crippen molar-refractivity contribution in [3.8, 4) is 6.07 Å². The molecule has 0 saturated carbocycles. The Hall–Kier alpha value is -0.560. The molecule has 0 aliphatic heterocycles. The molecule has 0 amide bonds. The fraction of sp³-hybridized carbons (Fsp3) is 0.462. The van der Waals surface area contributed by atoms with Gasteiger partial charge in [-0.2, -0.15) is 5.26 Å². The van der Waals surface area contributed by atoms with E-state index in [1.807, 2.05) is 13.8 Å². The quantitative estimate of drug-likeness (QED) is 0.818. The van der Waals surface area contributed by atoms with Crippen molar-refractivity contribution in [2.45, 2.75) is 26.0 Å². The molecule has 0 N–H and O–H groups in total. The lowest BCUT2D eigenvalue weighted by Crippen LogP contribution is -2.13. The van der Waals surface area contributed by atoms with Crippen molar-refractivity contribution in [1.82, 2.24) is 0 Å². The lowest BCUT2D eigenvalue weighted by molar-refractivity contribution is 0.479. The highest BCUT2D eigenvalue weighted by atomic mass is 35.5. The average Bonchev–Trinajstić information content (AvgIpc) is 2.32. The van der Waals surface area contributed by atoms with E-state index in [4.69, 9.17) is 28.5 Å². The Morgan fingerprint density at radius 3 is 2.39 bits per heavy atom. The van der Waals surface area contributed by atoms with Crippen LogP contribution in [-0.2, 0) is 16.6 Å². The van der Waals surface area contributed by atoms with E-state index in [2.05, 4.69) is 6.07 Å². The molecule has 1 aromatic rings. The lowest BCUT2D eigenvalue weighted by atomic mass is 9.93. The molecule has 0 spiro atoms. The van der Waals surface area contributed by atoms with Crippen molar-refractivity contribution in [3.05, 3.63) is 33.8 Å². The highest BCUT2D eigenvalue weighted by Crippen LogP contribution is 2.26. The zero-order valence-electron chi connectivity index (χ0n) is 10.4. The van der Waals surface area contributed by atoms with Gasteiger partial charge < -0.3 is 0 Å². The minimum absolute atomic E-state index is 0.333. The minimum Gasteiger partial charge on any atom is -0.259 e. The number of rotatable bonds is 5. The molecule has 1 aromatic carbocycles. The van der Waals surface area contributed by atoms with Crippen molar-refractivity contribution < 1.29 is 4.21 Å². The lowest BCUT2D eigenvalue weighted by Gasteiger charge is -2.14. The van der Waals surface area contributed by atoms with Gasteiger partial charge in [0, 0.05) is 32.2 Å². The van der Waals surface area contributed by atoms with Crippen LogP contribution in [0.1, 0.15) is 25.8 Å². The fourth-order valence-electron chi connectivity index (χ4n) is 1.33. The van der Waals surface area contributed by atoms with E-state index in [1.54, 1.807) is 18.2 Å². The predicted molar refractivity (Wildman–Crippen MR) is 77.2 cm³/mol. The summed E-state index contributed by atoms with van der Waals surface area (Å²) in [4.78, 5) is 0.